The lowest BCUT2D eigenvalue weighted by molar-refractivity contribution is 0.112. The van der Waals surface area contributed by atoms with Crippen LogP contribution in [0.3, 0.4) is 0 Å². The van der Waals surface area contributed by atoms with Crippen molar-refractivity contribution in [1.29, 1.82) is 0 Å². The molecule has 42 heavy (non-hydrogen) atoms. The number of methoxy groups -OCH3 is 3. The molecule has 0 atom stereocenters. The van der Waals surface area contributed by atoms with E-state index in [9.17, 15) is 0 Å². The molecule has 1 aromatic carbocycles. The Balaban J connectivity index is 0.000000496. The summed E-state index contributed by atoms with van der Waals surface area (Å²) in [6.45, 7) is 18.0. The monoisotopic (exact) mass is 592 g/mol. The third-order valence-electron chi connectivity index (χ3n) is 8.85. The summed E-state index contributed by atoms with van der Waals surface area (Å²) in [5, 5.41) is 2.91. The van der Waals surface area contributed by atoms with E-state index in [0.29, 0.717) is 16.9 Å². The van der Waals surface area contributed by atoms with Crippen molar-refractivity contribution in [2.75, 3.05) is 54.1 Å². The number of aryl methyl sites for hydroxylation is 4. The van der Waals surface area contributed by atoms with Crippen molar-refractivity contribution in [1.82, 2.24) is 9.80 Å². The largest absolute Gasteiger partial charge is 0.493 e. The summed E-state index contributed by atoms with van der Waals surface area (Å²) in [6, 6.07) is 13.0. The Morgan fingerprint density at radius 2 is 1.50 bits per heavy atom. The van der Waals surface area contributed by atoms with Crippen LogP contribution in [0.4, 0.5) is 0 Å². The van der Waals surface area contributed by atoms with Crippen molar-refractivity contribution in [3.05, 3.63) is 73.3 Å². The molecule has 1 aliphatic heterocycles. The standard InChI is InChI=1S/C29H46N2O3S.C7H6/c1-8-9-23-20-22(2)35-26(23)12-13-29(3,4)14-15-30-16-18-31(19-17-30)21-24-10-11-25(32-5)28(34-7)27(24)33-6;1-5-4-6-2-3-7(5)6/h10-11,20H,8-9,12-19,21H2,1-7H3;2-4H,1H3. The van der Waals surface area contributed by atoms with Crippen molar-refractivity contribution in [2.24, 2.45) is 5.41 Å². The molecule has 2 aliphatic carbocycles. The molecule has 1 aromatic heterocycles. The summed E-state index contributed by atoms with van der Waals surface area (Å²) >= 11 is 2.01. The molecular weight excluding hydrogens is 540 g/mol. The average Bonchev–Trinajstić information content (AvgIpc) is 3.33. The third kappa shape index (κ3) is 8.09. The second kappa shape index (κ2) is 14.8. The normalized spacial score (nSPS) is 14.8. The van der Waals surface area contributed by atoms with Gasteiger partial charge in [-0.25, -0.2) is 0 Å². The molecule has 0 unspecified atom stereocenters. The van der Waals surface area contributed by atoms with Gasteiger partial charge in [-0.05, 0) is 85.2 Å². The maximum atomic E-state index is 5.68. The van der Waals surface area contributed by atoms with E-state index in [1.54, 1.807) is 31.8 Å². The van der Waals surface area contributed by atoms with Crippen LogP contribution in [0.1, 0.15) is 66.5 Å². The molecule has 0 bridgehead atoms. The quantitative estimate of drug-likeness (QED) is 0.158. The number of thiophene rings is 1. The predicted octanol–water partition coefficient (Wildman–Crippen LogP) is 7.80. The van der Waals surface area contributed by atoms with Gasteiger partial charge in [-0.15, -0.1) is 11.3 Å². The maximum Gasteiger partial charge on any atom is 0.203 e. The van der Waals surface area contributed by atoms with Gasteiger partial charge in [-0.2, -0.15) is 0 Å². The molecule has 0 N–H and O–H groups in total. The first kappa shape index (κ1) is 32.4. The van der Waals surface area contributed by atoms with Crippen LogP contribution in [0.15, 0.2) is 36.4 Å². The Hall–Kier alpha value is -2.54. The van der Waals surface area contributed by atoms with Crippen LogP contribution in [0.25, 0.3) is 0 Å². The van der Waals surface area contributed by atoms with Crippen LogP contribution in [-0.2, 0) is 19.4 Å². The fourth-order valence-corrected chi connectivity index (χ4v) is 7.11. The van der Waals surface area contributed by atoms with Crippen LogP contribution in [0.2, 0.25) is 0 Å². The fraction of sp³-hybridized carbons (Fsp3) is 0.556. The number of rotatable bonds is 13. The summed E-state index contributed by atoms with van der Waals surface area (Å²) in [5.74, 6) is 2.16. The van der Waals surface area contributed by atoms with Gasteiger partial charge in [0.1, 0.15) is 0 Å². The molecule has 0 radical (unpaired) electrons. The van der Waals surface area contributed by atoms with Gasteiger partial charge >= 0.3 is 0 Å². The Bertz CT molecular complexity index is 1410. The van der Waals surface area contributed by atoms with Crippen molar-refractivity contribution in [3.63, 3.8) is 0 Å². The fourth-order valence-electron chi connectivity index (χ4n) is 6.03. The van der Waals surface area contributed by atoms with E-state index >= 15 is 0 Å². The van der Waals surface area contributed by atoms with E-state index in [1.165, 1.54) is 59.5 Å². The molecule has 6 heteroatoms. The molecule has 1 fully saturated rings. The van der Waals surface area contributed by atoms with Crippen LogP contribution >= 0.6 is 11.3 Å². The summed E-state index contributed by atoms with van der Waals surface area (Å²) < 4.78 is 16.7. The molecule has 0 amide bonds. The van der Waals surface area contributed by atoms with E-state index in [1.807, 2.05) is 17.4 Å². The summed E-state index contributed by atoms with van der Waals surface area (Å²) in [5.41, 5.74) is 4.54. The molecule has 1 saturated heterocycles. The van der Waals surface area contributed by atoms with Gasteiger partial charge in [0, 0.05) is 48.0 Å². The molecule has 5 rings (SSSR count). The van der Waals surface area contributed by atoms with E-state index in [4.69, 9.17) is 14.2 Å². The van der Waals surface area contributed by atoms with Gasteiger partial charge in [0.15, 0.2) is 11.5 Å². The van der Waals surface area contributed by atoms with Gasteiger partial charge in [0.05, 0.1) is 21.3 Å². The molecular formula is C36H52N2O3S. The minimum atomic E-state index is 0.367. The van der Waals surface area contributed by atoms with Crippen LogP contribution in [-0.4, -0.2) is 63.9 Å². The number of hydrogen-bond donors (Lipinski definition) is 0. The Kier molecular flexibility index (Phi) is 11.4. The van der Waals surface area contributed by atoms with E-state index in [-0.39, 0.29) is 0 Å². The maximum absolute atomic E-state index is 5.68. The molecule has 2 heterocycles. The van der Waals surface area contributed by atoms with Gasteiger partial charge in [-0.3, -0.25) is 4.90 Å². The molecule has 0 spiro atoms. The van der Waals surface area contributed by atoms with Crippen molar-refractivity contribution >= 4 is 11.3 Å². The van der Waals surface area contributed by atoms with Crippen molar-refractivity contribution < 1.29 is 14.2 Å². The first-order valence-electron chi connectivity index (χ1n) is 15.6. The van der Waals surface area contributed by atoms with Crippen LogP contribution < -0.4 is 14.2 Å². The number of benzene rings is 2. The van der Waals surface area contributed by atoms with Gasteiger partial charge < -0.3 is 19.1 Å². The zero-order valence-electron chi connectivity index (χ0n) is 27.3. The Labute approximate surface area is 258 Å². The van der Waals surface area contributed by atoms with Gasteiger partial charge in [-0.1, -0.05) is 51.5 Å². The first-order chi connectivity index (χ1) is 20.2. The zero-order valence-corrected chi connectivity index (χ0v) is 28.1. The topological polar surface area (TPSA) is 34.2 Å². The number of nitrogens with zero attached hydrogens (tertiary/aromatic N) is 2. The SMILES string of the molecule is CCCc1cc(C)sc1CCC(C)(C)CCN1CCN(Cc2ccc(OC)c(OC)c2OC)CC1.Cc1cc2ccc1=2. The van der Waals surface area contributed by atoms with Gasteiger partial charge in [0.2, 0.25) is 5.75 Å². The smallest absolute Gasteiger partial charge is 0.203 e. The van der Waals surface area contributed by atoms with Crippen LogP contribution in [0, 0.1) is 29.7 Å². The van der Waals surface area contributed by atoms with Crippen molar-refractivity contribution in [3.8, 4) is 17.2 Å². The average molecular weight is 593 g/mol. The van der Waals surface area contributed by atoms with E-state index in [2.05, 4.69) is 74.8 Å². The Morgan fingerprint density at radius 3 is 2.02 bits per heavy atom. The summed E-state index contributed by atoms with van der Waals surface area (Å²) in [6.07, 6.45) is 6.20. The molecule has 0 saturated carbocycles. The highest BCUT2D eigenvalue weighted by Crippen LogP contribution is 2.40. The summed E-state index contributed by atoms with van der Waals surface area (Å²) in [7, 11) is 5.02. The highest BCUT2D eigenvalue weighted by molar-refractivity contribution is 7.12. The lowest BCUT2D eigenvalue weighted by Gasteiger charge is -2.36. The highest BCUT2D eigenvalue weighted by Gasteiger charge is 2.24. The molecule has 3 aliphatic rings. The second-order valence-electron chi connectivity index (χ2n) is 12.6. The predicted molar refractivity (Wildman–Crippen MR) is 176 cm³/mol. The summed E-state index contributed by atoms with van der Waals surface area (Å²) in [4.78, 5) is 8.24. The number of ether oxygens (including phenoxy) is 3. The minimum Gasteiger partial charge on any atom is -0.493 e. The Morgan fingerprint density at radius 1 is 0.786 bits per heavy atom. The molecule has 2 aromatic rings. The lowest BCUT2D eigenvalue weighted by Crippen LogP contribution is -2.46. The third-order valence-corrected chi connectivity index (χ3v) is 10.0. The minimum absolute atomic E-state index is 0.367. The lowest BCUT2D eigenvalue weighted by atomic mass is 9.83. The van der Waals surface area contributed by atoms with E-state index < -0.39 is 0 Å². The van der Waals surface area contributed by atoms with E-state index in [0.717, 1.165) is 44.0 Å². The van der Waals surface area contributed by atoms with Gasteiger partial charge in [0.25, 0.3) is 0 Å². The molecule has 5 nitrogen and oxygen atoms in total. The van der Waals surface area contributed by atoms with Crippen molar-refractivity contribution in [2.45, 2.75) is 73.3 Å². The second-order valence-corrected chi connectivity index (χ2v) is 14.0. The number of hydrogen-bond acceptors (Lipinski definition) is 6. The zero-order chi connectivity index (χ0) is 30.3. The first-order valence-corrected chi connectivity index (χ1v) is 16.4. The number of piperazine rings is 1. The van der Waals surface area contributed by atoms with Crippen LogP contribution in [0.5, 0.6) is 17.2 Å². The highest BCUT2D eigenvalue weighted by atomic mass is 32.1. The molecule has 230 valence electrons.